The fourth-order valence-corrected chi connectivity index (χ4v) is 3.90. The van der Waals surface area contributed by atoms with Gasteiger partial charge in [-0.1, -0.05) is 29.4 Å². The van der Waals surface area contributed by atoms with Gasteiger partial charge in [-0.25, -0.2) is 0 Å². The SMILES string of the molecule is O=C(NCCCN1CCc2ccccc2C1)c1noc2c1CCCC2. The third-order valence-electron chi connectivity index (χ3n) is 5.31. The second-order valence-electron chi connectivity index (χ2n) is 7.04. The van der Waals surface area contributed by atoms with Crippen LogP contribution in [-0.4, -0.2) is 35.6 Å². The second kappa shape index (κ2) is 7.40. The summed E-state index contributed by atoms with van der Waals surface area (Å²) in [6.45, 7) is 3.80. The molecule has 1 aliphatic heterocycles. The van der Waals surface area contributed by atoms with Gasteiger partial charge in [0.25, 0.3) is 5.91 Å². The van der Waals surface area contributed by atoms with Gasteiger partial charge in [0.05, 0.1) is 0 Å². The molecule has 0 unspecified atom stereocenters. The molecule has 4 rings (SSSR count). The van der Waals surface area contributed by atoms with E-state index in [9.17, 15) is 4.79 Å². The number of amides is 1. The van der Waals surface area contributed by atoms with Crippen molar-refractivity contribution in [3.05, 3.63) is 52.4 Å². The number of nitrogens with one attached hydrogen (secondary N) is 1. The van der Waals surface area contributed by atoms with E-state index in [2.05, 4.69) is 39.6 Å². The average Bonchev–Trinajstić information content (AvgIpc) is 3.09. The molecular weight excluding hydrogens is 314 g/mol. The molecule has 25 heavy (non-hydrogen) atoms. The Morgan fingerprint density at radius 1 is 1.16 bits per heavy atom. The van der Waals surface area contributed by atoms with Crippen LogP contribution >= 0.6 is 0 Å². The van der Waals surface area contributed by atoms with Gasteiger partial charge in [0.1, 0.15) is 5.76 Å². The molecule has 0 fully saturated rings. The first-order valence-corrected chi connectivity index (χ1v) is 9.36. The van der Waals surface area contributed by atoms with E-state index in [0.29, 0.717) is 12.2 Å². The summed E-state index contributed by atoms with van der Waals surface area (Å²) in [5, 5.41) is 7.00. The van der Waals surface area contributed by atoms with Crippen LogP contribution in [-0.2, 0) is 25.8 Å². The van der Waals surface area contributed by atoms with Crippen molar-refractivity contribution in [2.75, 3.05) is 19.6 Å². The Hall–Kier alpha value is -2.14. The predicted octanol–water partition coefficient (Wildman–Crippen LogP) is 2.73. The van der Waals surface area contributed by atoms with Crippen LogP contribution in [0, 0.1) is 0 Å². The van der Waals surface area contributed by atoms with Crippen LogP contribution in [0.5, 0.6) is 0 Å². The maximum atomic E-state index is 12.3. The summed E-state index contributed by atoms with van der Waals surface area (Å²) >= 11 is 0. The van der Waals surface area contributed by atoms with E-state index in [1.54, 1.807) is 0 Å². The van der Waals surface area contributed by atoms with E-state index in [4.69, 9.17) is 4.52 Å². The molecule has 2 aromatic rings. The lowest BCUT2D eigenvalue weighted by molar-refractivity contribution is 0.0941. The lowest BCUT2D eigenvalue weighted by atomic mass is 9.96. The highest BCUT2D eigenvalue weighted by molar-refractivity contribution is 5.93. The van der Waals surface area contributed by atoms with Crippen molar-refractivity contribution in [3.63, 3.8) is 0 Å². The second-order valence-corrected chi connectivity index (χ2v) is 7.04. The molecule has 0 atom stereocenters. The van der Waals surface area contributed by atoms with Gasteiger partial charge in [-0.3, -0.25) is 9.69 Å². The van der Waals surface area contributed by atoms with Crippen molar-refractivity contribution in [2.24, 2.45) is 0 Å². The molecule has 0 spiro atoms. The summed E-state index contributed by atoms with van der Waals surface area (Å²) in [4.78, 5) is 14.8. The van der Waals surface area contributed by atoms with Gasteiger partial charge in [-0.05, 0) is 43.2 Å². The van der Waals surface area contributed by atoms with Crippen LogP contribution in [0.2, 0.25) is 0 Å². The monoisotopic (exact) mass is 339 g/mol. The standard InChI is InChI=1S/C20H25N3O2/c24-20(19-17-8-3-4-9-18(17)25-22-19)21-11-5-12-23-13-10-15-6-1-2-7-16(15)14-23/h1-2,6-7H,3-5,8-14H2,(H,21,24). The molecule has 5 nitrogen and oxygen atoms in total. The molecule has 1 N–H and O–H groups in total. The van der Waals surface area contributed by atoms with E-state index < -0.39 is 0 Å². The molecule has 0 radical (unpaired) electrons. The largest absolute Gasteiger partial charge is 0.360 e. The zero-order valence-electron chi connectivity index (χ0n) is 14.6. The summed E-state index contributed by atoms with van der Waals surface area (Å²) in [7, 11) is 0. The number of aryl methyl sites for hydroxylation is 1. The number of fused-ring (bicyclic) bond motifs is 2. The average molecular weight is 339 g/mol. The van der Waals surface area contributed by atoms with Crippen molar-refractivity contribution in [3.8, 4) is 0 Å². The number of hydrogen-bond donors (Lipinski definition) is 1. The first-order chi connectivity index (χ1) is 12.3. The van der Waals surface area contributed by atoms with Crippen LogP contribution in [0.25, 0.3) is 0 Å². The quantitative estimate of drug-likeness (QED) is 0.851. The van der Waals surface area contributed by atoms with Crippen molar-refractivity contribution in [2.45, 2.75) is 45.1 Å². The number of carbonyl (C=O) groups is 1. The molecule has 2 aliphatic rings. The molecule has 0 saturated heterocycles. The lowest BCUT2D eigenvalue weighted by Crippen LogP contribution is -2.34. The van der Waals surface area contributed by atoms with E-state index in [1.807, 2.05) is 0 Å². The van der Waals surface area contributed by atoms with E-state index >= 15 is 0 Å². The van der Waals surface area contributed by atoms with Crippen LogP contribution in [0.4, 0.5) is 0 Å². The minimum atomic E-state index is -0.0871. The van der Waals surface area contributed by atoms with Crippen molar-refractivity contribution < 1.29 is 9.32 Å². The zero-order valence-corrected chi connectivity index (χ0v) is 14.6. The first kappa shape index (κ1) is 16.3. The van der Waals surface area contributed by atoms with Crippen molar-refractivity contribution >= 4 is 5.91 Å². The van der Waals surface area contributed by atoms with Crippen LogP contribution in [0.3, 0.4) is 0 Å². The molecule has 2 heterocycles. The van der Waals surface area contributed by atoms with Gasteiger partial charge >= 0.3 is 0 Å². The van der Waals surface area contributed by atoms with Crippen LogP contribution < -0.4 is 5.32 Å². The Labute approximate surface area is 148 Å². The number of hydrogen-bond acceptors (Lipinski definition) is 4. The molecule has 1 amide bonds. The van der Waals surface area contributed by atoms with E-state index in [0.717, 1.165) is 69.5 Å². The third-order valence-corrected chi connectivity index (χ3v) is 5.31. The highest BCUT2D eigenvalue weighted by Crippen LogP contribution is 2.24. The number of nitrogens with zero attached hydrogens (tertiary/aromatic N) is 2. The Bertz CT molecular complexity index is 753. The van der Waals surface area contributed by atoms with Crippen LogP contribution in [0.15, 0.2) is 28.8 Å². The van der Waals surface area contributed by atoms with Gasteiger partial charge in [0, 0.05) is 38.2 Å². The molecule has 1 aromatic heterocycles. The highest BCUT2D eigenvalue weighted by atomic mass is 16.5. The Morgan fingerprint density at radius 2 is 2.00 bits per heavy atom. The van der Waals surface area contributed by atoms with Gasteiger partial charge in [-0.2, -0.15) is 0 Å². The Kier molecular flexibility index (Phi) is 4.83. The van der Waals surface area contributed by atoms with Crippen molar-refractivity contribution in [1.29, 1.82) is 0 Å². The summed E-state index contributed by atoms with van der Waals surface area (Å²) in [6.07, 6.45) is 6.13. The Morgan fingerprint density at radius 3 is 2.92 bits per heavy atom. The summed E-state index contributed by atoms with van der Waals surface area (Å²) in [6, 6.07) is 8.68. The zero-order chi connectivity index (χ0) is 17.1. The smallest absolute Gasteiger partial charge is 0.273 e. The van der Waals surface area contributed by atoms with E-state index in [-0.39, 0.29) is 5.91 Å². The molecule has 1 aromatic carbocycles. The summed E-state index contributed by atoms with van der Waals surface area (Å²) < 4.78 is 5.32. The van der Waals surface area contributed by atoms with Gasteiger partial charge in [0.2, 0.25) is 0 Å². The molecule has 5 heteroatoms. The van der Waals surface area contributed by atoms with Gasteiger partial charge in [0.15, 0.2) is 5.69 Å². The highest BCUT2D eigenvalue weighted by Gasteiger charge is 2.23. The molecule has 0 saturated carbocycles. The number of carbonyl (C=O) groups excluding carboxylic acids is 1. The van der Waals surface area contributed by atoms with Gasteiger partial charge < -0.3 is 9.84 Å². The summed E-state index contributed by atoms with van der Waals surface area (Å²) in [5.74, 6) is 0.819. The number of benzene rings is 1. The fraction of sp³-hybridized carbons (Fsp3) is 0.500. The lowest BCUT2D eigenvalue weighted by Gasteiger charge is -2.28. The number of aromatic nitrogens is 1. The normalized spacial score (nSPS) is 17.0. The van der Waals surface area contributed by atoms with E-state index in [1.165, 1.54) is 11.1 Å². The minimum absolute atomic E-state index is 0.0871. The predicted molar refractivity (Wildman–Crippen MR) is 95.5 cm³/mol. The van der Waals surface area contributed by atoms with Gasteiger partial charge in [-0.15, -0.1) is 0 Å². The molecule has 0 bridgehead atoms. The van der Waals surface area contributed by atoms with Crippen LogP contribution in [0.1, 0.15) is 52.2 Å². The Balaban J connectivity index is 1.24. The minimum Gasteiger partial charge on any atom is -0.360 e. The van der Waals surface area contributed by atoms with Crippen molar-refractivity contribution in [1.82, 2.24) is 15.4 Å². The number of rotatable bonds is 5. The topological polar surface area (TPSA) is 58.4 Å². The maximum absolute atomic E-state index is 12.3. The first-order valence-electron chi connectivity index (χ1n) is 9.36. The molecule has 132 valence electrons. The third kappa shape index (κ3) is 3.61. The summed E-state index contributed by atoms with van der Waals surface area (Å²) in [5.41, 5.74) is 4.44. The molecular formula is C20H25N3O2. The maximum Gasteiger partial charge on any atom is 0.273 e. The molecule has 1 aliphatic carbocycles. The fourth-order valence-electron chi connectivity index (χ4n) is 3.90.